The summed E-state index contributed by atoms with van der Waals surface area (Å²) in [4.78, 5) is 10.9. The Hall–Kier alpha value is -1.75. The van der Waals surface area contributed by atoms with E-state index in [-0.39, 0.29) is 5.56 Å². The van der Waals surface area contributed by atoms with Gasteiger partial charge in [-0.25, -0.2) is 4.79 Å². The molecule has 5 heteroatoms. The molecular weight excluding hydrogens is 236 g/mol. The van der Waals surface area contributed by atoms with Crippen molar-refractivity contribution in [3.8, 4) is 11.5 Å². The van der Waals surface area contributed by atoms with Crippen molar-refractivity contribution in [1.82, 2.24) is 0 Å². The molecule has 0 saturated heterocycles. The van der Waals surface area contributed by atoms with E-state index in [1.165, 1.54) is 13.2 Å². The second-order valence-electron chi connectivity index (χ2n) is 4.37. The summed E-state index contributed by atoms with van der Waals surface area (Å²) >= 11 is 0. The highest BCUT2D eigenvalue weighted by Crippen LogP contribution is 2.37. The molecule has 2 rings (SSSR count). The van der Waals surface area contributed by atoms with Gasteiger partial charge < -0.3 is 19.7 Å². The van der Waals surface area contributed by atoms with Gasteiger partial charge in [-0.1, -0.05) is 12.1 Å². The molecule has 0 heterocycles. The minimum Gasteiger partial charge on any atom is -0.493 e. The van der Waals surface area contributed by atoms with Crippen molar-refractivity contribution in [3.05, 3.63) is 23.8 Å². The molecular formula is C13H16O5. The van der Waals surface area contributed by atoms with Crippen molar-refractivity contribution in [1.29, 1.82) is 0 Å². The zero-order chi connectivity index (χ0) is 13.1. The molecule has 0 aliphatic heterocycles. The van der Waals surface area contributed by atoms with E-state index in [0.717, 1.165) is 12.8 Å². The highest BCUT2D eigenvalue weighted by atomic mass is 16.5. The number of hydrogen-bond acceptors (Lipinski definition) is 4. The lowest BCUT2D eigenvalue weighted by molar-refractivity contribution is -0.147. The third-order valence-corrected chi connectivity index (χ3v) is 2.92. The third-order valence-electron chi connectivity index (χ3n) is 2.92. The highest BCUT2D eigenvalue weighted by molar-refractivity contribution is 5.75. The zero-order valence-electron chi connectivity index (χ0n) is 10.1. The van der Waals surface area contributed by atoms with Crippen molar-refractivity contribution >= 4 is 5.97 Å². The molecule has 0 aromatic heterocycles. The lowest BCUT2D eigenvalue weighted by Gasteiger charge is -2.16. The van der Waals surface area contributed by atoms with Crippen LogP contribution in [0.3, 0.4) is 0 Å². The Kier molecular flexibility index (Phi) is 3.72. The lowest BCUT2D eigenvalue weighted by Crippen LogP contribution is -2.13. The van der Waals surface area contributed by atoms with Crippen molar-refractivity contribution in [2.75, 3.05) is 13.7 Å². The number of rotatable bonds is 6. The number of ether oxygens (including phenoxy) is 2. The molecule has 1 atom stereocenters. The number of benzene rings is 1. The predicted molar refractivity (Wildman–Crippen MR) is 63.8 cm³/mol. The number of aliphatic hydroxyl groups excluding tert-OH is 1. The van der Waals surface area contributed by atoms with Crippen LogP contribution in [0.1, 0.15) is 24.5 Å². The second-order valence-corrected chi connectivity index (χ2v) is 4.37. The van der Waals surface area contributed by atoms with Gasteiger partial charge in [-0.05, 0) is 24.8 Å². The van der Waals surface area contributed by atoms with Crippen LogP contribution >= 0.6 is 0 Å². The number of aliphatic carboxylic acids is 1. The van der Waals surface area contributed by atoms with Gasteiger partial charge in [0.1, 0.15) is 0 Å². The summed E-state index contributed by atoms with van der Waals surface area (Å²) in [6.07, 6.45) is 0.659. The lowest BCUT2D eigenvalue weighted by atomic mass is 10.1. The van der Waals surface area contributed by atoms with Crippen LogP contribution in [0.15, 0.2) is 18.2 Å². The molecule has 0 spiro atoms. The number of carboxylic acids is 1. The molecule has 98 valence electrons. The number of aliphatic hydroxyl groups is 1. The third kappa shape index (κ3) is 2.73. The van der Waals surface area contributed by atoms with Gasteiger partial charge in [0.05, 0.1) is 13.7 Å². The van der Waals surface area contributed by atoms with Gasteiger partial charge in [0.2, 0.25) is 0 Å². The average molecular weight is 252 g/mol. The van der Waals surface area contributed by atoms with Crippen molar-refractivity contribution < 1.29 is 24.5 Å². The summed E-state index contributed by atoms with van der Waals surface area (Å²) in [7, 11) is 1.48. The van der Waals surface area contributed by atoms with E-state index >= 15 is 0 Å². The maximum absolute atomic E-state index is 10.9. The van der Waals surface area contributed by atoms with Gasteiger partial charge in [-0.2, -0.15) is 0 Å². The van der Waals surface area contributed by atoms with Gasteiger partial charge in [0.25, 0.3) is 0 Å². The van der Waals surface area contributed by atoms with E-state index in [0.29, 0.717) is 24.0 Å². The van der Waals surface area contributed by atoms with E-state index in [2.05, 4.69) is 0 Å². The fourth-order valence-electron chi connectivity index (χ4n) is 1.68. The standard InChI is InChI=1S/C13H16O5/c1-17-10-4-2-3-9(11(14)13(15)16)12(10)18-7-8-5-6-8/h2-4,8,11,14H,5-7H2,1H3,(H,15,16). The number of carbonyl (C=O) groups is 1. The Bertz CT molecular complexity index is 439. The Morgan fingerprint density at radius 2 is 2.22 bits per heavy atom. The van der Waals surface area contributed by atoms with Crippen LogP contribution in [0.2, 0.25) is 0 Å². The molecule has 0 bridgehead atoms. The first kappa shape index (κ1) is 12.7. The summed E-state index contributed by atoms with van der Waals surface area (Å²) < 4.78 is 10.7. The number of carboxylic acid groups (broad SMARTS) is 1. The fraction of sp³-hybridized carbons (Fsp3) is 0.462. The van der Waals surface area contributed by atoms with Gasteiger partial charge in [-0.15, -0.1) is 0 Å². The fourth-order valence-corrected chi connectivity index (χ4v) is 1.68. The first-order chi connectivity index (χ1) is 8.63. The summed E-state index contributed by atoms with van der Waals surface area (Å²) in [6, 6.07) is 4.84. The molecule has 1 aliphatic carbocycles. The van der Waals surface area contributed by atoms with Gasteiger partial charge in [0.15, 0.2) is 17.6 Å². The van der Waals surface area contributed by atoms with E-state index in [1.54, 1.807) is 12.1 Å². The minimum atomic E-state index is -1.60. The number of methoxy groups -OCH3 is 1. The normalized spacial score (nSPS) is 16.1. The van der Waals surface area contributed by atoms with Gasteiger partial charge in [0, 0.05) is 5.56 Å². The van der Waals surface area contributed by atoms with E-state index < -0.39 is 12.1 Å². The van der Waals surface area contributed by atoms with Crippen LogP contribution in [0.25, 0.3) is 0 Å². The molecule has 1 saturated carbocycles. The maximum atomic E-state index is 10.9. The Morgan fingerprint density at radius 3 is 2.78 bits per heavy atom. The summed E-state index contributed by atoms with van der Waals surface area (Å²) in [5.74, 6) is -0.0143. The molecule has 0 radical (unpaired) electrons. The number of hydrogen-bond donors (Lipinski definition) is 2. The van der Waals surface area contributed by atoms with Crippen LogP contribution in [0.4, 0.5) is 0 Å². The molecule has 1 fully saturated rings. The van der Waals surface area contributed by atoms with Crippen molar-refractivity contribution in [2.45, 2.75) is 18.9 Å². The monoisotopic (exact) mass is 252 g/mol. The van der Waals surface area contributed by atoms with Crippen LogP contribution < -0.4 is 9.47 Å². The predicted octanol–water partition coefficient (Wildman–Crippen LogP) is 1.60. The maximum Gasteiger partial charge on any atom is 0.337 e. The zero-order valence-corrected chi connectivity index (χ0v) is 10.1. The average Bonchev–Trinajstić information content (AvgIpc) is 3.18. The Morgan fingerprint density at radius 1 is 1.50 bits per heavy atom. The van der Waals surface area contributed by atoms with Crippen LogP contribution in [-0.2, 0) is 4.79 Å². The van der Waals surface area contributed by atoms with Crippen molar-refractivity contribution in [2.24, 2.45) is 5.92 Å². The minimum absolute atomic E-state index is 0.225. The number of para-hydroxylation sites is 1. The molecule has 18 heavy (non-hydrogen) atoms. The van der Waals surface area contributed by atoms with E-state index in [9.17, 15) is 9.90 Å². The topological polar surface area (TPSA) is 76.0 Å². The molecule has 1 aliphatic rings. The quantitative estimate of drug-likeness (QED) is 0.804. The van der Waals surface area contributed by atoms with Crippen LogP contribution in [0, 0.1) is 5.92 Å². The Labute approximate surface area is 105 Å². The first-order valence-electron chi connectivity index (χ1n) is 5.84. The SMILES string of the molecule is COc1cccc(C(O)C(=O)O)c1OCC1CC1. The second kappa shape index (κ2) is 5.27. The summed E-state index contributed by atoms with van der Waals surface area (Å²) in [5.41, 5.74) is 0.225. The molecule has 1 aromatic rings. The van der Waals surface area contributed by atoms with Gasteiger partial charge >= 0.3 is 5.97 Å². The van der Waals surface area contributed by atoms with Crippen molar-refractivity contribution in [3.63, 3.8) is 0 Å². The Balaban J connectivity index is 2.27. The highest BCUT2D eigenvalue weighted by Gasteiger charge is 2.26. The largest absolute Gasteiger partial charge is 0.493 e. The summed E-state index contributed by atoms with van der Waals surface area (Å²) in [5, 5.41) is 18.5. The molecule has 1 unspecified atom stereocenters. The molecule has 1 aromatic carbocycles. The van der Waals surface area contributed by atoms with E-state index in [4.69, 9.17) is 14.6 Å². The molecule has 2 N–H and O–H groups in total. The van der Waals surface area contributed by atoms with Gasteiger partial charge in [-0.3, -0.25) is 0 Å². The van der Waals surface area contributed by atoms with E-state index in [1.807, 2.05) is 0 Å². The first-order valence-corrected chi connectivity index (χ1v) is 5.84. The smallest absolute Gasteiger partial charge is 0.337 e. The molecule has 0 amide bonds. The summed E-state index contributed by atoms with van der Waals surface area (Å²) in [6.45, 7) is 0.527. The van der Waals surface area contributed by atoms with Crippen LogP contribution in [-0.4, -0.2) is 29.9 Å². The van der Waals surface area contributed by atoms with Crippen LogP contribution in [0.5, 0.6) is 11.5 Å². The molecule has 5 nitrogen and oxygen atoms in total.